The summed E-state index contributed by atoms with van der Waals surface area (Å²) in [6.45, 7) is 1.67. The lowest BCUT2D eigenvalue weighted by Crippen LogP contribution is -2.44. The maximum atomic E-state index is 12.2. The monoisotopic (exact) mass is 319 g/mol. The summed E-state index contributed by atoms with van der Waals surface area (Å²) in [4.78, 5) is 38.9. The fraction of sp³-hybridized carbons (Fsp3) is 0.214. The van der Waals surface area contributed by atoms with Crippen LogP contribution in [-0.2, 0) is 9.53 Å². The van der Waals surface area contributed by atoms with Crippen LogP contribution in [0.25, 0.3) is 0 Å². The molecular formula is C14H13N3O6. The minimum absolute atomic E-state index is 0.101. The Morgan fingerprint density at radius 3 is 2.52 bits per heavy atom. The van der Waals surface area contributed by atoms with Crippen LogP contribution in [-0.4, -0.2) is 40.9 Å². The summed E-state index contributed by atoms with van der Waals surface area (Å²) in [5.74, 6) is -0.613. The molecule has 1 amide bonds. The quantitative estimate of drug-likeness (QED) is 0.478. The van der Waals surface area contributed by atoms with Crippen molar-refractivity contribution in [3.05, 3.63) is 46.7 Å². The first-order valence-electron chi connectivity index (χ1n) is 6.47. The molecule has 0 spiro atoms. The maximum Gasteiger partial charge on any atom is 0.421 e. The van der Waals surface area contributed by atoms with E-state index in [1.54, 1.807) is 6.92 Å². The van der Waals surface area contributed by atoms with Gasteiger partial charge in [-0.2, -0.15) is 0 Å². The average molecular weight is 319 g/mol. The molecule has 0 saturated heterocycles. The first kappa shape index (κ1) is 16.1. The third kappa shape index (κ3) is 3.70. The van der Waals surface area contributed by atoms with Crippen molar-refractivity contribution in [2.24, 2.45) is 4.99 Å². The molecule has 0 aliphatic carbocycles. The third-order valence-electron chi connectivity index (χ3n) is 2.94. The van der Waals surface area contributed by atoms with Gasteiger partial charge in [0.2, 0.25) is 6.17 Å². The number of benzene rings is 1. The Balaban J connectivity index is 2.14. The van der Waals surface area contributed by atoms with Gasteiger partial charge in [-0.15, -0.1) is 0 Å². The van der Waals surface area contributed by atoms with Gasteiger partial charge in [0, 0.05) is 24.0 Å². The number of ether oxygens (including phenoxy) is 2. The number of nitro groups is 1. The highest BCUT2D eigenvalue weighted by molar-refractivity contribution is 5.97. The Bertz CT molecular complexity index is 695. The average Bonchev–Trinajstić information content (AvgIpc) is 2.54. The molecule has 9 heteroatoms. The zero-order valence-electron chi connectivity index (χ0n) is 12.3. The lowest BCUT2D eigenvalue weighted by atomic mass is 10.3. The molecule has 1 aromatic carbocycles. The van der Waals surface area contributed by atoms with E-state index in [1.165, 1.54) is 43.7 Å². The Morgan fingerprint density at radius 2 is 1.96 bits per heavy atom. The molecule has 0 radical (unpaired) electrons. The van der Waals surface area contributed by atoms with Gasteiger partial charge >= 0.3 is 12.1 Å². The number of carbonyl (C=O) groups excluding carboxylic acids is 2. The van der Waals surface area contributed by atoms with E-state index in [-0.39, 0.29) is 11.4 Å². The summed E-state index contributed by atoms with van der Waals surface area (Å²) < 4.78 is 9.69. The van der Waals surface area contributed by atoms with Crippen LogP contribution in [0, 0.1) is 10.1 Å². The highest BCUT2D eigenvalue weighted by Crippen LogP contribution is 2.19. The van der Waals surface area contributed by atoms with Crippen molar-refractivity contribution in [1.82, 2.24) is 4.90 Å². The predicted octanol–water partition coefficient (Wildman–Crippen LogP) is 1.88. The number of hydrogen-bond donors (Lipinski definition) is 0. The van der Waals surface area contributed by atoms with E-state index >= 15 is 0 Å². The molecule has 2 rings (SSSR count). The van der Waals surface area contributed by atoms with Crippen LogP contribution in [0.5, 0.6) is 5.75 Å². The van der Waals surface area contributed by atoms with Crippen LogP contribution < -0.4 is 4.74 Å². The van der Waals surface area contributed by atoms with Crippen molar-refractivity contribution in [2.45, 2.75) is 13.1 Å². The summed E-state index contributed by atoms with van der Waals surface area (Å²) in [7, 11) is 1.19. The molecule has 0 bridgehead atoms. The summed E-state index contributed by atoms with van der Waals surface area (Å²) in [5, 5.41) is 10.6. The van der Waals surface area contributed by atoms with E-state index in [2.05, 4.69) is 9.73 Å². The van der Waals surface area contributed by atoms with E-state index in [0.29, 0.717) is 5.71 Å². The Kier molecular flexibility index (Phi) is 4.69. The highest BCUT2D eigenvalue weighted by Gasteiger charge is 2.32. The third-order valence-corrected chi connectivity index (χ3v) is 2.94. The summed E-state index contributed by atoms with van der Waals surface area (Å²) >= 11 is 0. The standard InChI is InChI=1S/C14H13N3O6/c1-9-7-8-16(12(15-9)13(18)22-2)14(19)23-11-5-3-10(4-6-11)17(20)21/h3-8,12H,1-2H3. The number of carbonyl (C=O) groups is 2. The molecule has 1 heterocycles. The molecule has 1 aliphatic rings. The molecule has 1 atom stereocenters. The largest absolute Gasteiger partial charge is 0.466 e. The zero-order chi connectivity index (χ0) is 17.0. The van der Waals surface area contributed by atoms with Crippen LogP contribution in [0.2, 0.25) is 0 Å². The van der Waals surface area contributed by atoms with E-state index in [4.69, 9.17) is 4.74 Å². The van der Waals surface area contributed by atoms with Crippen LogP contribution in [0.15, 0.2) is 41.5 Å². The number of non-ortho nitro benzene ring substituents is 1. The molecule has 9 nitrogen and oxygen atoms in total. The van der Waals surface area contributed by atoms with Crippen LogP contribution in [0.1, 0.15) is 6.92 Å². The van der Waals surface area contributed by atoms with Gasteiger partial charge in [0.1, 0.15) is 5.75 Å². The lowest BCUT2D eigenvalue weighted by molar-refractivity contribution is -0.384. The number of methoxy groups -OCH3 is 1. The van der Waals surface area contributed by atoms with Gasteiger partial charge in [-0.1, -0.05) is 0 Å². The molecule has 1 aromatic rings. The SMILES string of the molecule is COC(=O)C1N=C(C)C=CN1C(=O)Oc1ccc([N+](=O)[O-])cc1. The first-order chi connectivity index (χ1) is 10.9. The second-order valence-corrected chi connectivity index (χ2v) is 4.51. The highest BCUT2D eigenvalue weighted by atomic mass is 16.6. The van der Waals surface area contributed by atoms with Crippen molar-refractivity contribution < 1.29 is 24.0 Å². The number of aliphatic imine (C=N–C) groups is 1. The summed E-state index contributed by atoms with van der Waals surface area (Å²) in [6, 6.07) is 4.97. The van der Waals surface area contributed by atoms with E-state index < -0.39 is 23.2 Å². The molecule has 0 saturated carbocycles. The molecule has 23 heavy (non-hydrogen) atoms. The van der Waals surface area contributed by atoms with Crippen molar-refractivity contribution >= 4 is 23.5 Å². The van der Waals surface area contributed by atoms with Gasteiger partial charge in [0.15, 0.2) is 0 Å². The first-order valence-corrected chi connectivity index (χ1v) is 6.47. The summed E-state index contributed by atoms with van der Waals surface area (Å²) in [6.07, 6.45) is 0.867. The van der Waals surface area contributed by atoms with Crippen molar-refractivity contribution in [3.8, 4) is 5.75 Å². The Labute approximate surface area is 131 Å². The molecule has 0 fully saturated rings. The van der Waals surface area contributed by atoms with Crippen molar-refractivity contribution in [1.29, 1.82) is 0 Å². The number of nitrogens with zero attached hydrogens (tertiary/aromatic N) is 3. The number of esters is 1. The Hall–Kier alpha value is -3.23. The van der Waals surface area contributed by atoms with Crippen molar-refractivity contribution in [2.75, 3.05) is 7.11 Å². The number of amides is 1. The van der Waals surface area contributed by atoms with Crippen LogP contribution >= 0.6 is 0 Å². The normalized spacial score (nSPS) is 16.5. The van der Waals surface area contributed by atoms with Gasteiger partial charge in [-0.25, -0.2) is 9.59 Å². The topological polar surface area (TPSA) is 111 Å². The molecule has 0 aromatic heterocycles. The van der Waals surface area contributed by atoms with Gasteiger partial charge < -0.3 is 9.47 Å². The fourth-order valence-corrected chi connectivity index (χ4v) is 1.79. The molecular weight excluding hydrogens is 306 g/mol. The molecule has 1 aliphatic heterocycles. The number of hydrogen-bond acceptors (Lipinski definition) is 7. The molecule has 1 unspecified atom stereocenters. The van der Waals surface area contributed by atoms with E-state index in [9.17, 15) is 19.7 Å². The van der Waals surface area contributed by atoms with E-state index in [0.717, 1.165) is 4.90 Å². The minimum Gasteiger partial charge on any atom is -0.466 e. The maximum absolute atomic E-state index is 12.2. The minimum atomic E-state index is -1.17. The smallest absolute Gasteiger partial charge is 0.421 e. The van der Waals surface area contributed by atoms with Gasteiger partial charge in [-0.05, 0) is 25.1 Å². The van der Waals surface area contributed by atoms with Crippen LogP contribution in [0.4, 0.5) is 10.5 Å². The van der Waals surface area contributed by atoms with Crippen molar-refractivity contribution in [3.63, 3.8) is 0 Å². The van der Waals surface area contributed by atoms with Gasteiger partial charge in [0.05, 0.1) is 12.0 Å². The fourth-order valence-electron chi connectivity index (χ4n) is 1.79. The van der Waals surface area contributed by atoms with Gasteiger partial charge in [0.25, 0.3) is 5.69 Å². The zero-order valence-corrected chi connectivity index (χ0v) is 12.3. The number of allylic oxidation sites excluding steroid dienone is 1. The number of rotatable bonds is 3. The second kappa shape index (κ2) is 6.69. The summed E-state index contributed by atoms with van der Waals surface area (Å²) in [5.41, 5.74) is 0.426. The molecule has 0 N–H and O–H groups in total. The second-order valence-electron chi connectivity index (χ2n) is 4.51. The van der Waals surface area contributed by atoms with E-state index in [1.807, 2.05) is 0 Å². The van der Waals surface area contributed by atoms with Gasteiger partial charge in [-0.3, -0.25) is 20.0 Å². The lowest BCUT2D eigenvalue weighted by Gasteiger charge is -2.25. The Morgan fingerprint density at radius 1 is 1.30 bits per heavy atom. The van der Waals surface area contributed by atoms with Crippen LogP contribution in [0.3, 0.4) is 0 Å². The predicted molar refractivity (Wildman–Crippen MR) is 79.0 cm³/mol. The molecule has 120 valence electrons. The number of nitro benzene ring substituents is 1.